The molecule has 4 aromatic carbocycles. The summed E-state index contributed by atoms with van der Waals surface area (Å²) in [6.45, 7) is 5.97. The molecule has 12 amide bonds. The number of hydrogen-bond donors (Lipinski definition) is 20. The maximum Gasteiger partial charge on any atom is 0.305 e. The van der Waals surface area contributed by atoms with Crippen LogP contribution in [0, 0.1) is 22.7 Å². The average Bonchev–Trinajstić information content (AvgIpc) is 1.56. The van der Waals surface area contributed by atoms with Crippen LogP contribution in [-0.2, 0) is 88.0 Å². The molecule has 574 valence electrons. The van der Waals surface area contributed by atoms with Gasteiger partial charge in [-0.25, -0.2) is 0 Å². The van der Waals surface area contributed by atoms with Crippen LogP contribution in [0.2, 0.25) is 0 Å². The van der Waals surface area contributed by atoms with Crippen LogP contribution in [0.5, 0.6) is 5.75 Å². The van der Waals surface area contributed by atoms with Gasteiger partial charge in [0.05, 0.1) is 25.6 Å². The van der Waals surface area contributed by atoms with Crippen LogP contribution in [0.25, 0.3) is 0 Å². The summed E-state index contributed by atoms with van der Waals surface area (Å²) in [5.74, 6) is -13.2. The number of primary amides is 1. The second kappa shape index (κ2) is 43.4. The highest BCUT2D eigenvalue weighted by molar-refractivity contribution is 6.00. The first kappa shape index (κ1) is 84.9. The van der Waals surface area contributed by atoms with E-state index in [-0.39, 0.29) is 95.5 Å². The lowest BCUT2D eigenvalue weighted by molar-refractivity contribution is -0.141. The van der Waals surface area contributed by atoms with E-state index in [1.54, 1.807) is 117 Å². The molecule has 1 saturated heterocycles. The van der Waals surface area contributed by atoms with Crippen LogP contribution >= 0.6 is 0 Å². The fraction of sp³-hybridized carbons (Fsp3) is 0.458. The number of nitrogens with two attached hydrogens (primary N) is 4. The molecule has 1 aliphatic heterocycles. The van der Waals surface area contributed by atoms with Crippen LogP contribution in [0.3, 0.4) is 0 Å². The fourth-order valence-corrected chi connectivity index (χ4v) is 11.5. The second-order valence-corrected chi connectivity index (χ2v) is 26.5. The van der Waals surface area contributed by atoms with Crippen molar-refractivity contribution in [3.05, 3.63) is 138 Å². The number of aromatic hydroxyl groups is 1. The molecule has 1 fully saturated rings. The first-order chi connectivity index (χ1) is 50.4. The van der Waals surface area contributed by atoms with Gasteiger partial charge in [0.2, 0.25) is 70.9 Å². The molecule has 106 heavy (non-hydrogen) atoms. The smallest absolute Gasteiger partial charge is 0.305 e. The van der Waals surface area contributed by atoms with Crippen LogP contribution in [0.4, 0.5) is 0 Å². The number of amides is 12. The van der Waals surface area contributed by atoms with E-state index in [1.165, 1.54) is 17.0 Å². The molecule has 0 spiro atoms. The molecule has 0 saturated carbocycles. The molecule has 0 aliphatic carbocycles. The number of likely N-dealkylation sites (tertiary alicyclic amines) is 1. The van der Waals surface area contributed by atoms with Crippen molar-refractivity contribution in [1.82, 2.24) is 68.7 Å². The predicted molar refractivity (Wildman–Crippen MR) is 390 cm³/mol. The number of phenolic OH excluding ortho intramolecular Hbond substituents is 1. The zero-order valence-corrected chi connectivity index (χ0v) is 59.9. The Kier molecular flexibility index (Phi) is 34.8. The number of phenols is 1. The Morgan fingerprint density at radius 3 is 1.33 bits per heavy atom. The van der Waals surface area contributed by atoms with E-state index in [4.69, 9.17) is 33.8 Å². The molecule has 10 atom stereocenters. The standard InChI is InChI=1S/C72H101N19O15/c1-41(2)33-51(89-70(106)60(42(3)4)90-61(97)48(73)34-46-26-28-47(92)29-27-46)62(98)82-40-58(94)91-32-16-25-56(91)69(105)88-54(37-45-21-12-7-13-22-45)66(102)83-50(24-15-31-80-72(77)78)65(101)86-53(36-44-19-10-6-11-20-44)67(103)87-55(38-59(95)96)68(104)84-49(23-14-30-79-71(75)76)64(100)85-52(63(99)81-39-57(74)93)35-43-17-8-5-9-18-43/h5-13,17-22,26-29,41-42,48-56,60,92H,14-16,23-25,30-40,73H2,1-4H3,(H2,74,93)(H,81,99)(H,82,98)(H,83,102)(H,84,104)(H,85,100)(H,86,101)(H,87,103)(H,88,105)(H,89,106)(H,90,97)(H,95,96)(H4,75,76,79)(H4,77,78,80)/t48-,49-,50-,51-,52-,53-,54-,55-,56-,60-/m0/s1. The van der Waals surface area contributed by atoms with Crippen molar-refractivity contribution in [2.45, 2.75) is 165 Å². The molecule has 4 aromatic rings. The molecule has 1 aliphatic rings. The molecule has 34 nitrogen and oxygen atoms in total. The van der Waals surface area contributed by atoms with Crippen molar-refractivity contribution in [2.24, 2.45) is 34.8 Å². The Hall–Kier alpha value is -11.7. The van der Waals surface area contributed by atoms with Crippen molar-refractivity contribution in [3.63, 3.8) is 0 Å². The van der Waals surface area contributed by atoms with Crippen LogP contribution in [0.1, 0.15) is 101 Å². The lowest BCUT2D eigenvalue weighted by atomic mass is 9.99. The van der Waals surface area contributed by atoms with Crippen LogP contribution in [0.15, 0.2) is 115 Å². The Morgan fingerprint density at radius 1 is 0.472 bits per heavy atom. The van der Waals surface area contributed by atoms with E-state index >= 15 is 0 Å². The fourth-order valence-electron chi connectivity index (χ4n) is 11.5. The summed E-state index contributed by atoms with van der Waals surface area (Å²) in [5, 5.41) is 66.3. The number of benzene rings is 4. The van der Waals surface area contributed by atoms with Crippen molar-refractivity contribution < 1.29 is 72.5 Å². The van der Waals surface area contributed by atoms with Gasteiger partial charge in [-0.15, -0.1) is 0 Å². The van der Waals surface area contributed by atoms with E-state index in [0.29, 0.717) is 28.7 Å². The number of nitrogens with zero attached hydrogens (tertiary/aromatic N) is 1. The number of carbonyl (C=O) groups excluding carboxylic acids is 12. The Bertz CT molecular complexity index is 3670. The molecule has 5 rings (SSSR count). The summed E-state index contributed by atoms with van der Waals surface area (Å²) in [4.78, 5) is 182. The third-order valence-electron chi connectivity index (χ3n) is 17.0. The van der Waals surface area contributed by atoms with Crippen molar-refractivity contribution in [1.29, 1.82) is 10.8 Å². The molecular formula is C72H101N19O15. The average molecular weight is 1470 g/mol. The van der Waals surface area contributed by atoms with Gasteiger partial charge in [0.1, 0.15) is 60.1 Å². The maximum absolute atomic E-state index is 14.9. The molecule has 0 aromatic heterocycles. The van der Waals surface area contributed by atoms with Crippen molar-refractivity contribution in [3.8, 4) is 5.75 Å². The number of carbonyl (C=O) groups is 13. The maximum atomic E-state index is 14.9. The van der Waals surface area contributed by atoms with Gasteiger partial charge in [0.25, 0.3) is 0 Å². The highest BCUT2D eigenvalue weighted by Gasteiger charge is 2.39. The molecular weight excluding hydrogens is 1370 g/mol. The van der Waals surface area contributed by atoms with Gasteiger partial charge in [-0.2, -0.15) is 0 Å². The minimum atomic E-state index is -1.95. The van der Waals surface area contributed by atoms with Crippen molar-refractivity contribution >= 4 is 88.8 Å². The van der Waals surface area contributed by atoms with Gasteiger partial charge in [-0.3, -0.25) is 73.1 Å². The number of rotatable bonds is 43. The summed E-state index contributed by atoms with van der Waals surface area (Å²) in [6.07, 6.45) is -1.18. The summed E-state index contributed by atoms with van der Waals surface area (Å²) < 4.78 is 0. The zero-order valence-electron chi connectivity index (χ0n) is 59.9. The Balaban J connectivity index is 1.36. The number of aliphatic carboxylic acids is 1. The number of guanidine groups is 2. The third kappa shape index (κ3) is 29.9. The van der Waals surface area contributed by atoms with Gasteiger partial charge in [0, 0.05) is 38.9 Å². The van der Waals surface area contributed by atoms with Gasteiger partial charge in [-0.1, -0.05) is 131 Å². The largest absolute Gasteiger partial charge is 0.508 e. The third-order valence-corrected chi connectivity index (χ3v) is 17.0. The zero-order chi connectivity index (χ0) is 78.0. The van der Waals surface area contributed by atoms with E-state index in [9.17, 15) is 72.5 Å². The molecule has 34 heteroatoms. The number of carboxylic acids is 1. The summed E-state index contributed by atoms with van der Waals surface area (Å²) in [5.41, 5.74) is 24.8. The molecule has 24 N–H and O–H groups in total. The second-order valence-electron chi connectivity index (χ2n) is 26.5. The first-order valence-corrected chi connectivity index (χ1v) is 35.0. The minimum absolute atomic E-state index is 0.0128. The lowest BCUT2D eigenvalue weighted by Crippen LogP contribution is -2.61. The minimum Gasteiger partial charge on any atom is -0.508 e. The van der Waals surface area contributed by atoms with Gasteiger partial charge < -0.3 is 102 Å². The topological polar surface area (TPSA) is 562 Å². The Labute approximate surface area is 614 Å². The summed E-state index contributed by atoms with van der Waals surface area (Å²) in [7, 11) is 0. The SMILES string of the molecule is CC(C)C[C@H](NC(=O)[C@@H](NC(=O)[C@@H](N)Cc1ccc(O)cc1)C(C)C)C(=O)NCC(=O)N1CCC[C@H]1C(=O)N[C@@H](Cc1ccccc1)C(=O)N[C@@H](CCCNC(=N)N)C(=O)N[C@@H](Cc1ccccc1)C(=O)N[C@@H](CC(=O)O)C(=O)N[C@@H](CCCNC(=N)N)C(=O)N[C@@H](Cc1ccccc1)C(=O)NCC(N)=O. The first-order valence-electron chi connectivity index (χ1n) is 35.0. The predicted octanol–water partition coefficient (Wildman–Crippen LogP) is -2.72. The summed E-state index contributed by atoms with van der Waals surface area (Å²) >= 11 is 0. The van der Waals surface area contributed by atoms with Gasteiger partial charge >= 0.3 is 5.97 Å². The number of nitrogens with one attached hydrogen (secondary N) is 14. The van der Waals surface area contributed by atoms with Gasteiger partial charge in [-0.05, 0) is 97.6 Å². The van der Waals surface area contributed by atoms with E-state index < -0.39 is 175 Å². The van der Waals surface area contributed by atoms with E-state index in [1.807, 2.05) is 13.8 Å². The molecule has 0 unspecified atom stereocenters. The monoisotopic (exact) mass is 1470 g/mol. The highest BCUT2D eigenvalue weighted by atomic mass is 16.4. The van der Waals surface area contributed by atoms with Crippen molar-refractivity contribution in [2.75, 3.05) is 32.7 Å². The lowest BCUT2D eigenvalue weighted by Gasteiger charge is -2.29. The van der Waals surface area contributed by atoms with E-state index in [0.717, 1.165) is 0 Å². The normalized spacial score (nSPS) is 15.0. The molecule has 1 heterocycles. The molecule has 0 radical (unpaired) electrons. The Morgan fingerprint density at radius 2 is 0.877 bits per heavy atom. The highest BCUT2D eigenvalue weighted by Crippen LogP contribution is 2.20. The number of carboxylic acid groups (broad SMARTS) is 1. The quantitative estimate of drug-likeness (QED) is 0.0122. The van der Waals surface area contributed by atoms with Crippen LogP contribution in [-0.4, -0.2) is 197 Å². The number of hydrogen-bond acceptors (Lipinski definition) is 17. The van der Waals surface area contributed by atoms with Gasteiger partial charge in [0.15, 0.2) is 11.9 Å². The van der Waals surface area contributed by atoms with E-state index in [2.05, 4.69) is 63.8 Å². The van der Waals surface area contributed by atoms with Crippen LogP contribution < -0.4 is 86.7 Å². The summed E-state index contributed by atoms with van der Waals surface area (Å²) in [6, 6.07) is 17.3. The molecule has 0 bridgehead atoms.